The van der Waals surface area contributed by atoms with Gasteiger partial charge in [-0.05, 0) is 80.5 Å². The fraction of sp³-hybridized carbons (Fsp3) is 0.432. The van der Waals surface area contributed by atoms with E-state index in [9.17, 15) is 24.6 Å². The Labute approximate surface area is 280 Å². The van der Waals surface area contributed by atoms with E-state index < -0.39 is 23.7 Å². The summed E-state index contributed by atoms with van der Waals surface area (Å²) >= 11 is 0. The van der Waals surface area contributed by atoms with E-state index >= 15 is 0 Å². The number of carbonyl (C=O) groups excluding carboxylic acids is 3. The zero-order valence-corrected chi connectivity index (χ0v) is 28.0. The highest BCUT2D eigenvalue weighted by atomic mass is 16.5. The Kier molecular flexibility index (Phi) is 12.9. The van der Waals surface area contributed by atoms with Crippen LogP contribution in [0.25, 0.3) is 6.08 Å². The van der Waals surface area contributed by atoms with Crippen LogP contribution >= 0.6 is 0 Å². The predicted molar refractivity (Wildman–Crippen MR) is 179 cm³/mol. The lowest BCUT2D eigenvalue weighted by atomic mass is 9.84. The summed E-state index contributed by atoms with van der Waals surface area (Å²) in [5.74, 6) is -0.995. The third kappa shape index (κ3) is 9.11. The maximum atomic E-state index is 13.7. The summed E-state index contributed by atoms with van der Waals surface area (Å²) in [5.41, 5.74) is 0.554. The average Bonchev–Trinajstić information content (AvgIpc) is 3.58. The van der Waals surface area contributed by atoms with Crippen molar-refractivity contribution in [3.8, 4) is 28.7 Å². The second-order valence-corrected chi connectivity index (χ2v) is 11.8. The topological polar surface area (TPSA) is 154 Å². The summed E-state index contributed by atoms with van der Waals surface area (Å²) in [6.07, 6.45) is 8.67. The van der Waals surface area contributed by atoms with Crippen LogP contribution in [0.3, 0.4) is 0 Å². The molecule has 1 amide bonds. The van der Waals surface area contributed by atoms with Crippen molar-refractivity contribution in [3.05, 3.63) is 70.7 Å². The zero-order chi connectivity index (χ0) is 34.6. The molecule has 0 saturated heterocycles. The molecule has 48 heavy (non-hydrogen) atoms. The van der Waals surface area contributed by atoms with Crippen LogP contribution in [-0.2, 0) is 20.7 Å². The molecule has 0 fully saturated rings. The number of hydrogen-bond acceptors (Lipinski definition) is 10. The van der Waals surface area contributed by atoms with Gasteiger partial charge in [-0.25, -0.2) is 4.79 Å². The van der Waals surface area contributed by atoms with Gasteiger partial charge in [-0.15, -0.1) is 0 Å². The molecule has 1 aliphatic rings. The predicted octanol–water partition coefficient (Wildman–Crippen LogP) is 6.47. The van der Waals surface area contributed by atoms with Crippen molar-refractivity contribution in [1.82, 2.24) is 5.32 Å². The number of aryl methyl sites for hydroxylation is 1. The van der Waals surface area contributed by atoms with Gasteiger partial charge in [0.1, 0.15) is 28.6 Å². The Balaban J connectivity index is 1.78. The summed E-state index contributed by atoms with van der Waals surface area (Å²) in [6, 6.07) is 8.34. The van der Waals surface area contributed by atoms with Crippen molar-refractivity contribution in [3.63, 3.8) is 0 Å². The number of ether oxygens (including phenoxy) is 4. The van der Waals surface area contributed by atoms with Crippen molar-refractivity contribution in [1.29, 1.82) is 0 Å². The minimum Gasteiger partial charge on any atom is -0.507 e. The first-order valence-electron chi connectivity index (χ1n) is 16.2. The number of cyclic esters (lactones) is 1. The number of benzene rings is 2. The van der Waals surface area contributed by atoms with Gasteiger partial charge in [0.05, 0.1) is 33.7 Å². The molecule has 0 bridgehead atoms. The molecule has 1 aliphatic heterocycles. The van der Waals surface area contributed by atoms with E-state index in [1.165, 1.54) is 27.4 Å². The van der Waals surface area contributed by atoms with Crippen LogP contribution in [0.2, 0.25) is 0 Å². The number of allylic oxidation sites excluding steroid dienone is 1. The van der Waals surface area contributed by atoms with Gasteiger partial charge in [-0.3, -0.25) is 9.59 Å². The number of esters is 1. The second-order valence-electron chi connectivity index (χ2n) is 11.8. The molecule has 0 spiro atoms. The number of carbonyl (C=O) groups is 3. The number of furan rings is 1. The number of nitrogens with one attached hydrogen (secondary N) is 1. The Bertz CT molecular complexity index is 1570. The number of fused-ring (bicyclic) bond motifs is 1. The minimum atomic E-state index is -0.956. The summed E-state index contributed by atoms with van der Waals surface area (Å²) in [7, 11) is 4.39. The number of aromatic hydroxyl groups is 2. The van der Waals surface area contributed by atoms with Gasteiger partial charge in [-0.2, -0.15) is 0 Å². The van der Waals surface area contributed by atoms with E-state index in [0.717, 1.165) is 5.76 Å². The standard InChI is InChI=1S/C37H45NO10/c1-23-11-8-14-26(39)13-7-5-6-12-24-19-29(40)34(35(42)33(24)37(43)48-23)28(22-32(41)38-17-9-15-27-16-10-18-47-27)25-20-30(44-2)36(46-4)31(21-25)45-3/h6,10,12,16,18-21,23,28,40,42H,5,7-9,11,13-15,17,22H2,1-4H3,(H,38,41)/b12-6+/t23-,28?/m0/s1. The lowest BCUT2D eigenvalue weighted by molar-refractivity contribution is -0.121. The van der Waals surface area contributed by atoms with Gasteiger partial charge in [0.25, 0.3) is 0 Å². The van der Waals surface area contributed by atoms with Crippen molar-refractivity contribution in [2.75, 3.05) is 27.9 Å². The highest BCUT2D eigenvalue weighted by Crippen LogP contribution is 2.47. The lowest BCUT2D eigenvalue weighted by Gasteiger charge is -2.24. The first kappa shape index (κ1) is 35.9. The van der Waals surface area contributed by atoms with E-state index in [1.54, 1.807) is 43.5 Å². The molecule has 11 heteroatoms. The minimum absolute atomic E-state index is 0.0292. The van der Waals surface area contributed by atoms with Gasteiger partial charge < -0.3 is 38.9 Å². The van der Waals surface area contributed by atoms with Crippen LogP contribution in [0.1, 0.15) is 97.0 Å². The molecule has 1 aromatic heterocycles. The molecule has 0 saturated carbocycles. The normalized spacial score (nSPS) is 17.0. The summed E-state index contributed by atoms with van der Waals surface area (Å²) < 4.78 is 27.7. The number of phenolic OH excluding ortho intramolecular Hbond substituents is 2. The molecule has 3 aromatic rings. The lowest BCUT2D eigenvalue weighted by Crippen LogP contribution is -2.27. The molecule has 0 radical (unpaired) electrons. The van der Waals surface area contributed by atoms with E-state index in [-0.39, 0.29) is 40.6 Å². The molecule has 2 atom stereocenters. The Hall–Kier alpha value is -4.93. The van der Waals surface area contributed by atoms with E-state index in [2.05, 4.69) is 5.32 Å². The Morgan fingerprint density at radius 2 is 1.77 bits per heavy atom. The maximum absolute atomic E-state index is 13.7. The van der Waals surface area contributed by atoms with Crippen molar-refractivity contribution in [2.45, 2.75) is 76.7 Å². The molecule has 2 aromatic carbocycles. The van der Waals surface area contributed by atoms with Crippen LogP contribution in [0.5, 0.6) is 28.7 Å². The van der Waals surface area contributed by atoms with Gasteiger partial charge in [0, 0.05) is 43.7 Å². The Morgan fingerprint density at radius 1 is 1.04 bits per heavy atom. The van der Waals surface area contributed by atoms with Crippen molar-refractivity contribution >= 4 is 23.7 Å². The molecule has 2 heterocycles. The van der Waals surface area contributed by atoms with Crippen LogP contribution in [-0.4, -0.2) is 61.9 Å². The molecular weight excluding hydrogens is 618 g/mol. The van der Waals surface area contributed by atoms with Crippen molar-refractivity contribution < 1.29 is 48.0 Å². The van der Waals surface area contributed by atoms with E-state index in [0.29, 0.717) is 80.7 Å². The number of phenols is 2. The number of hydrogen-bond donors (Lipinski definition) is 3. The summed E-state index contributed by atoms with van der Waals surface area (Å²) in [4.78, 5) is 39.3. The van der Waals surface area contributed by atoms with E-state index in [1.807, 2.05) is 6.07 Å². The SMILES string of the molecule is COc1cc(C(CC(=O)NCCCc2ccco2)c2c(O)cc3c(c2O)C(=O)O[C@@H](C)CCCC(=O)CCC/C=C/3)cc(OC)c1OC. The third-order valence-corrected chi connectivity index (χ3v) is 8.38. The number of ketones is 1. The smallest absolute Gasteiger partial charge is 0.342 e. The Morgan fingerprint density at radius 3 is 2.44 bits per heavy atom. The van der Waals surface area contributed by atoms with E-state index in [4.69, 9.17) is 23.4 Å². The number of Topliss-reactive ketones (excluding diaryl/α,β-unsaturated/α-hetero) is 1. The second kappa shape index (κ2) is 17.3. The monoisotopic (exact) mass is 663 g/mol. The maximum Gasteiger partial charge on any atom is 0.342 e. The zero-order valence-electron chi connectivity index (χ0n) is 28.0. The highest BCUT2D eigenvalue weighted by molar-refractivity contribution is 5.98. The van der Waals surface area contributed by atoms with Gasteiger partial charge in [0.2, 0.25) is 11.7 Å². The summed E-state index contributed by atoms with van der Waals surface area (Å²) in [6.45, 7) is 2.10. The highest BCUT2D eigenvalue weighted by Gasteiger charge is 2.32. The largest absolute Gasteiger partial charge is 0.507 e. The summed E-state index contributed by atoms with van der Waals surface area (Å²) in [5, 5.41) is 26.3. The first-order chi connectivity index (χ1) is 23.2. The van der Waals surface area contributed by atoms with Gasteiger partial charge in [0.15, 0.2) is 11.5 Å². The molecular formula is C37H45NO10. The van der Waals surface area contributed by atoms with Crippen LogP contribution in [0.4, 0.5) is 0 Å². The number of methoxy groups -OCH3 is 3. The first-order valence-corrected chi connectivity index (χ1v) is 16.2. The van der Waals surface area contributed by atoms with Crippen molar-refractivity contribution in [2.24, 2.45) is 0 Å². The molecule has 4 rings (SSSR count). The quantitative estimate of drug-likeness (QED) is 0.154. The molecule has 3 N–H and O–H groups in total. The molecule has 258 valence electrons. The molecule has 0 aliphatic carbocycles. The molecule has 11 nitrogen and oxygen atoms in total. The fourth-order valence-corrected chi connectivity index (χ4v) is 5.91. The van der Waals surface area contributed by atoms with Crippen LogP contribution in [0.15, 0.2) is 47.1 Å². The van der Waals surface area contributed by atoms with Gasteiger partial charge >= 0.3 is 5.97 Å². The van der Waals surface area contributed by atoms with Gasteiger partial charge in [-0.1, -0.05) is 12.2 Å². The average molecular weight is 664 g/mol. The molecule has 1 unspecified atom stereocenters. The number of amides is 1. The third-order valence-electron chi connectivity index (χ3n) is 8.38. The van der Waals surface area contributed by atoms with Crippen LogP contribution in [0, 0.1) is 0 Å². The van der Waals surface area contributed by atoms with Crippen LogP contribution < -0.4 is 19.5 Å². The fourth-order valence-electron chi connectivity index (χ4n) is 5.91. The number of rotatable bonds is 11.